The van der Waals surface area contributed by atoms with Gasteiger partial charge in [-0.2, -0.15) is 4.98 Å². The lowest BCUT2D eigenvalue weighted by atomic mass is 10.2. The number of nitrogens with zero attached hydrogens (tertiary/aromatic N) is 2. The maximum atomic E-state index is 11.9. The van der Waals surface area contributed by atoms with Crippen LogP contribution < -0.4 is 20.7 Å². The van der Waals surface area contributed by atoms with Crippen LogP contribution in [-0.4, -0.2) is 49.6 Å². The predicted octanol–water partition coefficient (Wildman–Crippen LogP) is 3.20. The van der Waals surface area contributed by atoms with E-state index in [-0.39, 0.29) is 6.04 Å². The highest BCUT2D eigenvalue weighted by atomic mass is 79.9. The van der Waals surface area contributed by atoms with Crippen molar-refractivity contribution in [3.05, 3.63) is 33.9 Å². The molecule has 1 unspecified atom stereocenters. The predicted molar refractivity (Wildman–Crippen MR) is 123 cm³/mol. The summed E-state index contributed by atoms with van der Waals surface area (Å²) in [6.45, 7) is 3.50. The third-order valence-corrected chi connectivity index (χ3v) is 5.14. The molecule has 0 saturated heterocycles. The highest BCUT2D eigenvalue weighted by Crippen LogP contribution is 2.28. The van der Waals surface area contributed by atoms with Crippen molar-refractivity contribution < 1.29 is 14.1 Å². The van der Waals surface area contributed by atoms with Crippen molar-refractivity contribution in [1.29, 1.82) is 0 Å². The molecule has 0 spiro atoms. The summed E-state index contributed by atoms with van der Waals surface area (Å²) >= 11 is 9.49. The van der Waals surface area contributed by atoms with Crippen molar-refractivity contribution in [2.24, 2.45) is 0 Å². The van der Waals surface area contributed by atoms with E-state index < -0.39 is 21.8 Å². The molecule has 2 rings (SSSR count). The summed E-state index contributed by atoms with van der Waals surface area (Å²) in [6, 6.07) is 3.94. The first-order valence-electron chi connectivity index (χ1n) is 8.39. The second kappa shape index (κ2) is 9.61. The summed E-state index contributed by atoms with van der Waals surface area (Å²) in [5.41, 5.74) is 0.865. The Hall–Kier alpha value is -2.08. The van der Waals surface area contributed by atoms with Gasteiger partial charge in [-0.05, 0) is 53.8 Å². The highest BCUT2D eigenvalue weighted by molar-refractivity contribution is 9.10. The van der Waals surface area contributed by atoms with Crippen molar-refractivity contribution in [2.75, 3.05) is 22.2 Å². The number of amides is 2. The highest BCUT2D eigenvalue weighted by Gasteiger charge is 2.13. The Bertz CT molecular complexity index is 1000. The summed E-state index contributed by atoms with van der Waals surface area (Å²) < 4.78 is 14.5. The van der Waals surface area contributed by atoms with E-state index in [1.807, 2.05) is 6.92 Å². The van der Waals surface area contributed by atoms with Gasteiger partial charge in [-0.25, -0.2) is 14.0 Å². The molecule has 9 nitrogen and oxygen atoms in total. The largest absolute Gasteiger partial charge is 0.391 e. The molecular weight excluding hydrogens is 484 g/mol. The summed E-state index contributed by atoms with van der Waals surface area (Å²) in [5.74, 6) is 4.16. The smallest absolute Gasteiger partial charge is 0.330 e. The lowest BCUT2D eigenvalue weighted by molar-refractivity contribution is 0.177. The number of benzene rings is 1. The number of carbonyl (C=O) groups excluding carboxylic acids is 1. The Labute approximate surface area is 182 Å². The van der Waals surface area contributed by atoms with E-state index in [1.165, 1.54) is 6.26 Å². The van der Waals surface area contributed by atoms with Crippen LogP contribution in [0.2, 0.25) is 5.02 Å². The van der Waals surface area contributed by atoms with Gasteiger partial charge in [-0.3, -0.25) is 4.72 Å². The minimum Gasteiger partial charge on any atom is -0.391 e. The van der Waals surface area contributed by atoms with E-state index >= 15 is 0 Å². The zero-order valence-corrected chi connectivity index (χ0v) is 19.2. The summed E-state index contributed by atoms with van der Waals surface area (Å²) in [6.07, 6.45) is 2.31. The van der Waals surface area contributed by atoms with Gasteiger partial charge in [0.25, 0.3) is 0 Å². The van der Waals surface area contributed by atoms with Gasteiger partial charge < -0.3 is 21.1 Å². The van der Waals surface area contributed by atoms with Gasteiger partial charge in [0.2, 0.25) is 5.95 Å². The number of urea groups is 1. The van der Waals surface area contributed by atoms with Crippen LogP contribution in [-0.2, 0) is 9.71 Å². The Morgan fingerprint density at radius 3 is 2.69 bits per heavy atom. The van der Waals surface area contributed by atoms with Crippen LogP contribution in [0.4, 0.5) is 27.9 Å². The van der Waals surface area contributed by atoms with E-state index in [9.17, 15) is 14.1 Å². The fourth-order valence-corrected chi connectivity index (χ4v) is 2.95. The Balaban J connectivity index is 2.19. The van der Waals surface area contributed by atoms with E-state index in [2.05, 4.69) is 52.4 Å². The molecule has 5 N–H and O–H groups in total. The molecular formula is C17H22BrClN6O3S. The van der Waals surface area contributed by atoms with Gasteiger partial charge in [0.15, 0.2) is 0 Å². The van der Waals surface area contributed by atoms with Crippen LogP contribution in [0.5, 0.6) is 0 Å². The van der Waals surface area contributed by atoms with Crippen LogP contribution in [0, 0.1) is 0 Å². The van der Waals surface area contributed by atoms with Crippen molar-refractivity contribution >= 4 is 72.3 Å². The van der Waals surface area contributed by atoms with E-state index in [0.29, 0.717) is 32.6 Å². The number of rotatable bonds is 7. The minimum absolute atomic E-state index is 0.221. The number of hydrogen-bond donors (Lipinski definition) is 5. The van der Waals surface area contributed by atoms with Crippen molar-refractivity contribution in [3.63, 3.8) is 0 Å². The van der Waals surface area contributed by atoms with E-state index in [0.717, 1.165) is 0 Å². The van der Waals surface area contributed by atoms with Gasteiger partial charge in [-0.15, -0.1) is 0 Å². The first kappa shape index (κ1) is 23.2. The van der Waals surface area contributed by atoms with Gasteiger partial charge >= 0.3 is 6.03 Å². The standard InChI is InChI=1S/C17H22BrClN6O3S/c1-9(10(2)26)21-15-12(18)8-20-16(24-15)22-11-5-6-13(19)14(7-11)23-17(27)25-29(3,4)28/h5-10,26H,3H2,1-2,4H3,(H2,20,21,22,24)(H2,23,25,27,28)/t9-,10-,29?/m1/s1. The summed E-state index contributed by atoms with van der Waals surface area (Å²) in [5, 5.41) is 18.6. The molecule has 1 heterocycles. The number of aliphatic hydroxyl groups excluding tert-OH is 1. The molecule has 29 heavy (non-hydrogen) atoms. The first-order chi connectivity index (χ1) is 13.4. The zero-order valence-electron chi connectivity index (χ0n) is 16.0. The number of halogens is 2. The van der Waals surface area contributed by atoms with Crippen LogP contribution in [0.3, 0.4) is 0 Å². The van der Waals surface area contributed by atoms with Gasteiger partial charge in [0.1, 0.15) is 5.82 Å². The Kier molecular flexibility index (Phi) is 7.69. The number of hydrogen-bond acceptors (Lipinski definition) is 7. The minimum atomic E-state index is -2.71. The molecule has 0 bridgehead atoms. The molecule has 0 radical (unpaired) electrons. The topological polar surface area (TPSA) is 128 Å². The Morgan fingerprint density at radius 2 is 2.07 bits per heavy atom. The fourth-order valence-electron chi connectivity index (χ4n) is 2.04. The number of aliphatic hydroxyl groups is 1. The average Bonchev–Trinajstić information content (AvgIpc) is 2.59. The van der Waals surface area contributed by atoms with Crippen LogP contribution in [0.25, 0.3) is 0 Å². The Morgan fingerprint density at radius 1 is 1.38 bits per heavy atom. The summed E-state index contributed by atoms with van der Waals surface area (Å²) in [4.78, 5) is 20.5. The number of nitrogens with one attached hydrogen (secondary N) is 4. The van der Waals surface area contributed by atoms with Gasteiger partial charge in [-0.1, -0.05) is 11.6 Å². The van der Waals surface area contributed by atoms with E-state index in [4.69, 9.17) is 11.6 Å². The molecule has 0 fully saturated rings. The molecule has 158 valence electrons. The molecule has 0 aliphatic carbocycles. The quantitative estimate of drug-likeness (QED) is 0.366. The monoisotopic (exact) mass is 504 g/mol. The molecule has 1 aromatic heterocycles. The maximum Gasteiger partial charge on any atom is 0.330 e. The molecule has 0 aliphatic heterocycles. The van der Waals surface area contributed by atoms with Gasteiger partial charge in [0.05, 0.1) is 27.3 Å². The first-order valence-corrected chi connectivity index (χ1v) is 11.7. The van der Waals surface area contributed by atoms with Crippen molar-refractivity contribution in [3.8, 4) is 0 Å². The maximum absolute atomic E-state index is 11.9. The second-order valence-electron chi connectivity index (χ2n) is 6.44. The molecule has 1 aromatic carbocycles. The SMILES string of the molecule is C=S(C)(=O)NC(=O)Nc1cc(Nc2ncc(Br)c(N[C@H](C)[C@@H](C)O)n2)ccc1Cl. The number of anilines is 4. The van der Waals surface area contributed by atoms with Crippen molar-refractivity contribution in [2.45, 2.75) is 26.0 Å². The molecule has 0 aliphatic rings. The fraction of sp³-hybridized carbons (Fsp3) is 0.294. The van der Waals surface area contributed by atoms with Crippen LogP contribution in [0.1, 0.15) is 13.8 Å². The molecule has 3 atom stereocenters. The second-order valence-corrected chi connectivity index (χ2v) is 9.92. The van der Waals surface area contributed by atoms with Crippen LogP contribution in [0.15, 0.2) is 28.9 Å². The molecule has 0 saturated carbocycles. The molecule has 12 heteroatoms. The average molecular weight is 506 g/mol. The summed E-state index contributed by atoms with van der Waals surface area (Å²) in [7, 11) is -2.71. The number of aromatic nitrogens is 2. The van der Waals surface area contributed by atoms with E-state index in [1.54, 1.807) is 31.3 Å². The van der Waals surface area contributed by atoms with Crippen molar-refractivity contribution in [1.82, 2.24) is 14.7 Å². The third kappa shape index (κ3) is 7.35. The third-order valence-electron chi connectivity index (χ3n) is 3.61. The number of carbonyl (C=O) groups is 1. The molecule has 2 amide bonds. The van der Waals surface area contributed by atoms with Crippen LogP contribution >= 0.6 is 27.5 Å². The van der Waals surface area contributed by atoms with Gasteiger partial charge in [0, 0.05) is 27.8 Å². The lowest BCUT2D eigenvalue weighted by Gasteiger charge is -2.18. The molecule has 2 aromatic rings. The zero-order chi connectivity index (χ0) is 21.8. The lowest BCUT2D eigenvalue weighted by Crippen LogP contribution is -2.33. The normalized spacial score (nSPS) is 15.0.